The Morgan fingerprint density at radius 3 is 2.77 bits per heavy atom. The highest BCUT2D eigenvalue weighted by Gasteiger charge is 2.29. The predicted molar refractivity (Wildman–Crippen MR) is 89.1 cm³/mol. The van der Waals surface area contributed by atoms with Crippen LogP contribution in [-0.4, -0.2) is 49.5 Å². The molecule has 1 aliphatic heterocycles. The third-order valence-electron chi connectivity index (χ3n) is 3.41. The molecule has 1 aromatic rings. The number of amides is 1. The molecule has 0 saturated carbocycles. The number of nitrogens with one attached hydrogen (secondary N) is 1. The number of carbonyl (C=O) groups is 1. The number of thioether (sulfide) groups is 1. The van der Waals surface area contributed by atoms with E-state index in [0.29, 0.717) is 18.8 Å². The first kappa shape index (κ1) is 17.1. The van der Waals surface area contributed by atoms with Gasteiger partial charge in [-0.1, -0.05) is 18.2 Å². The molecule has 0 spiro atoms. The number of carbonyl (C=O) groups excluding carboxylic acids is 1. The number of rotatable bonds is 7. The Balaban J connectivity index is 1.64. The molecular weight excluding hydrogens is 322 g/mol. The Hall–Kier alpha value is -1.21. The molecule has 122 valence electrons. The van der Waals surface area contributed by atoms with Gasteiger partial charge in [-0.2, -0.15) is 0 Å². The number of sulfone groups is 1. The van der Waals surface area contributed by atoms with Crippen LogP contribution in [0.1, 0.15) is 13.3 Å². The third kappa shape index (κ3) is 5.53. The quantitative estimate of drug-likeness (QED) is 0.760. The first-order valence-corrected chi connectivity index (χ1v) is 10.1. The molecule has 2 atom stereocenters. The monoisotopic (exact) mass is 343 g/mol. The fourth-order valence-electron chi connectivity index (χ4n) is 2.20. The molecule has 1 amide bonds. The van der Waals surface area contributed by atoms with E-state index in [1.54, 1.807) is 0 Å². The van der Waals surface area contributed by atoms with Crippen LogP contribution in [0.5, 0.6) is 5.75 Å². The Bertz CT molecular complexity index is 589. The zero-order chi connectivity index (χ0) is 16.0. The fourth-order valence-corrected chi connectivity index (χ4v) is 4.63. The summed E-state index contributed by atoms with van der Waals surface area (Å²) < 4.78 is 28.3. The minimum atomic E-state index is -2.96. The van der Waals surface area contributed by atoms with Gasteiger partial charge >= 0.3 is 0 Å². The summed E-state index contributed by atoms with van der Waals surface area (Å²) in [4.78, 5) is 12.0. The maximum Gasteiger partial charge on any atom is 0.233 e. The van der Waals surface area contributed by atoms with E-state index in [4.69, 9.17) is 4.74 Å². The molecule has 5 nitrogen and oxygen atoms in total. The summed E-state index contributed by atoms with van der Waals surface area (Å²) in [7, 11) is -2.96. The molecule has 1 fully saturated rings. The van der Waals surface area contributed by atoms with Crippen molar-refractivity contribution in [1.82, 2.24) is 5.32 Å². The van der Waals surface area contributed by atoms with E-state index in [1.807, 2.05) is 37.3 Å². The molecule has 0 radical (unpaired) electrons. The van der Waals surface area contributed by atoms with Crippen molar-refractivity contribution in [2.24, 2.45) is 0 Å². The van der Waals surface area contributed by atoms with Gasteiger partial charge in [0.25, 0.3) is 0 Å². The molecule has 1 aliphatic rings. The largest absolute Gasteiger partial charge is 0.493 e. The van der Waals surface area contributed by atoms with Gasteiger partial charge < -0.3 is 10.1 Å². The first-order valence-electron chi connectivity index (χ1n) is 7.26. The Morgan fingerprint density at radius 2 is 2.14 bits per heavy atom. The molecule has 2 rings (SSSR count). The molecular formula is C15H21NO4S2. The van der Waals surface area contributed by atoms with Gasteiger partial charge in [0.05, 0.1) is 23.4 Å². The van der Waals surface area contributed by atoms with Crippen LogP contribution >= 0.6 is 11.8 Å². The van der Waals surface area contributed by atoms with E-state index in [1.165, 1.54) is 11.8 Å². The van der Waals surface area contributed by atoms with Crippen LogP contribution in [0.3, 0.4) is 0 Å². The van der Waals surface area contributed by atoms with Crippen molar-refractivity contribution in [3.05, 3.63) is 30.3 Å². The molecule has 1 heterocycles. The minimum Gasteiger partial charge on any atom is -0.493 e. The van der Waals surface area contributed by atoms with Gasteiger partial charge in [0.15, 0.2) is 9.84 Å². The van der Waals surface area contributed by atoms with E-state index in [0.717, 1.165) is 5.75 Å². The maximum atomic E-state index is 12.0. The van der Waals surface area contributed by atoms with Gasteiger partial charge in [-0.05, 0) is 25.5 Å². The lowest BCUT2D eigenvalue weighted by atomic mass is 10.2. The van der Waals surface area contributed by atoms with Crippen molar-refractivity contribution in [2.75, 3.05) is 23.9 Å². The van der Waals surface area contributed by atoms with Crippen LogP contribution < -0.4 is 10.1 Å². The van der Waals surface area contributed by atoms with E-state index in [-0.39, 0.29) is 28.7 Å². The average molecular weight is 343 g/mol. The van der Waals surface area contributed by atoms with Gasteiger partial charge in [0, 0.05) is 11.8 Å². The number of hydrogen-bond acceptors (Lipinski definition) is 5. The second kappa shape index (κ2) is 7.87. The van der Waals surface area contributed by atoms with Crippen molar-refractivity contribution in [1.29, 1.82) is 0 Å². The predicted octanol–water partition coefficient (Wildman–Crippen LogP) is 1.49. The lowest BCUT2D eigenvalue weighted by Gasteiger charge is -2.15. The number of ether oxygens (including phenoxy) is 1. The van der Waals surface area contributed by atoms with E-state index < -0.39 is 9.84 Å². The highest BCUT2D eigenvalue weighted by molar-refractivity contribution is 8.00. The zero-order valence-corrected chi connectivity index (χ0v) is 14.2. The van der Waals surface area contributed by atoms with E-state index in [9.17, 15) is 13.2 Å². The summed E-state index contributed by atoms with van der Waals surface area (Å²) in [6.45, 7) is 2.36. The molecule has 0 aliphatic carbocycles. The van der Waals surface area contributed by atoms with Crippen molar-refractivity contribution >= 4 is 27.5 Å². The average Bonchev–Trinajstić information content (AvgIpc) is 2.83. The van der Waals surface area contributed by atoms with Gasteiger partial charge in [0.1, 0.15) is 5.75 Å². The molecule has 7 heteroatoms. The maximum absolute atomic E-state index is 12.0. The molecule has 0 aromatic heterocycles. The van der Waals surface area contributed by atoms with Crippen molar-refractivity contribution in [3.63, 3.8) is 0 Å². The van der Waals surface area contributed by atoms with Crippen LogP contribution in [0.4, 0.5) is 0 Å². The fraction of sp³-hybridized carbons (Fsp3) is 0.533. The summed E-state index contributed by atoms with van der Waals surface area (Å²) in [6.07, 6.45) is 0.516. The van der Waals surface area contributed by atoms with Gasteiger partial charge in [0.2, 0.25) is 5.91 Å². The smallest absolute Gasteiger partial charge is 0.233 e. The Kier molecular flexibility index (Phi) is 6.14. The van der Waals surface area contributed by atoms with Crippen LogP contribution in [0.2, 0.25) is 0 Å². The van der Waals surface area contributed by atoms with Gasteiger partial charge in [-0.15, -0.1) is 11.8 Å². The second-order valence-corrected chi connectivity index (χ2v) is 8.96. The summed E-state index contributed by atoms with van der Waals surface area (Å²) in [6, 6.07) is 9.29. The third-order valence-corrected chi connectivity index (χ3v) is 6.30. The SMILES string of the molecule is CC(SCCOc1ccccc1)C(=O)NC1CCS(=O)(=O)C1. The van der Waals surface area contributed by atoms with Crippen molar-refractivity contribution in [3.8, 4) is 5.75 Å². The summed E-state index contributed by atoms with van der Waals surface area (Å²) in [5, 5.41) is 2.59. The first-order chi connectivity index (χ1) is 10.5. The van der Waals surface area contributed by atoms with Crippen LogP contribution in [-0.2, 0) is 14.6 Å². The molecule has 22 heavy (non-hydrogen) atoms. The zero-order valence-electron chi connectivity index (χ0n) is 12.5. The number of hydrogen-bond donors (Lipinski definition) is 1. The molecule has 1 saturated heterocycles. The molecule has 0 bridgehead atoms. The highest BCUT2D eigenvalue weighted by atomic mass is 32.2. The second-order valence-electron chi connectivity index (χ2n) is 5.28. The Labute approximate surface area is 135 Å². The molecule has 2 unspecified atom stereocenters. The van der Waals surface area contributed by atoms with Gasteiger partial charge in [-0.3, -0.25) is 4.79 Å². The van der Waals surface area contributed by atoms with Gasteiger partial charge in [-0.25, -0.2) is 8.42 Å². The lowest BCUT2D eigenvalue weighted by molar-refractivity contribution is -0.120. The minimum absolute atomic E-state index is 0.0627. The van der Waals surface area contributed by atoms with Crippen LogP contribution in [0.25, 0.3) is 0 Å². The lowest BCUT2D eigenvalue weighted by Crippen LogP contribution is -2.40. The van der Waals surface area contributed by atoms with Crippen LogP contribution in [0.15, 0.2) is 30.3 Å². The molecule has 1 N–H and O–H groups in total. The molecule has 1 aromatic carbocycles. The normalized spacial score (nSPS) is 21.2. The van der Waals surface area contributed by atoms with Crippen molar-refractivity contribution in [2.45, 2.75) is 24.6 Å². The van der Waals surface area contributed by atoms with Crippen molar-refractivity contribution < 1.29 is 17.9 Å². The van der Waals surface area contributed by atoms with Crippen LogP contribution in [0, 0.1) is 0 Å². The standard InChI is InChI=1S/C15H21NO4S2/c1-12(15(17)16-13-7-10-22(18,19)11-13)21-9-8-20-14-5-3-2-4-6-14/h2-6,12-13H,7-11H2,1H3,(H,16,17). The van der Waals surface area contributed by atoms with E-state index >= 15 is 0 Å². The van der Waals surface area contributed by atoms with E-state index in [2.05, 4.69) is 5.32 Å². The summed E-state index contributed by atoms with van der Waals surface area (Å²) in [5.74, 6) is 1.65. The Morgan fingerprint density at radius 1 is 1.41 bits per heavy atom. The topological polar surface area (TPSA) is 72.5 Å². The number of para-hydroxylation sites is 1. The summed E-state index contributed by atoms with van der Waals surface area (Å²) in [5.41, 5.74) is 0. The highest BCUT2D eigenvalue weighted by Crippen LogP contribution is 2.15. The summed E-state index contributed by atoms with van der Waals surface area (Å²) >= 11 is 1.50. The number of benzene rings is 1.